The first-order valence-corrected chi connectivity index (χ1v) is 7.10. The number of rotatable bonds is 2. The molecule has 1 fully saturated rings. The van der Waals surface area contributed by atoms with Crippen LogP contribution in [0.25, 0.3) is 0 Å². The summed E-state index contributed by atoms with van der Waals surface area (Å²) >= 11 is 2.90. The Labute approximate surface area is 120 Å². The monoisotopic (exact) mass is 387 g/mol. The van der Waals surface area contributed by atoms with Gasteiger partial charge in [0, 0.05) is 6.20 Å². The van der Waals surface area contributed by atoms with E-state index in [-0.39, 0.29) is 12.4 Å². The van der Waals surface area contributed by atoms with E-state index in [1.54, 1.807) is 0 Å². The van der Waals surface area contributed by atoms with Crippen LogP contribution in [0.2, 0.25) is 0 Å². The van der Waals surface area contributed by atoms with Crippen LogP contribution in [0.4, 0.5) is 10.2 Å². The van der Waals surface area contributed by atoms with Gasteiger partial charge in [-0.15, -0.1) is 11.8 Å². The van der Waals surface area contributed by atoms with Gasteiger partial charge in [0.1, 0.15) is 17.3 Å². The van der Waals surface area contributed by atoms with Crippen LogP contribution in [0.5, 0.6) is 0 Å². The molecule has 0 radical (unpaired) electrons. The molecule has 1 aliphatic rings. The third-order valence-electron chi connectivity index (χ3n) is 2.68. The molecule has 0 saturated carbocycles. The predicted molar refractivity (Wildman–Crippen MR) is 74.0 cm³/mol. The average molecular weight is 387 g/mol. The fourth-order valence-corrected chi connectivity index (χ4v) is 3.49. The van der Waals surface area contributed by atoms with Gasteiger partial charge in [0.2, 0.25) is 0 Å². The second-order valence-corrected chi connectivity index (χ2v) is 6.37. The number of nitrogen functional groups attached to an aromatic ring is 1. The molecule has 2 rings (SSSR count). The molecule has 1 aliphatic heterocycles. The van der Waals surface area contributed by atoms with Gasteiger partial charge in [-0.05, 0) is 22.6 Å². The highest BCUT2D eigenvalue weighted by Crippen LogP contribution is 2.42. The van der Waals surface area contributed by atoms with E-state index in [0.29, 0.717) is 3.57 Å². The number of nitrogens with two attached hydrogens (primary N) is 1. The average Bonchev–Trinajstić information content (AvgIpc) is 2.61. The molecule has 0 bridgehead atoms. The Morgan fingerprint density at radius 1 is 1.67 bits per heavy atom. The van der Waals surface area contributed by atoms with Gasteiger partial charge in [-0.1, -0.05) is 0 Å². The van der Waals surface area contributed by atoms with Crippen molar-refractivity contribution in [1.82, 2.24) is 9.55 Å². The number of aliphatic hydroxyl groups is 2. The summed E-state index contributed by atoms with van der Waals surface area (Å²) in [4.78, 5) is 15.3. The molecule has 1 saturated heterocycles. The van der Waals surface area contributed by atoms with E-state index in [4.69, 9.17) is 10.8 Å². The van der Waals surface area contributed by atoms with Crippen molar-refractivity contribution in [3.05, 3.63) is 20.3 Å². The number of alkyl halides is 1. The Balaban J connectivity index is 2.39. The Morgan fingerprint density at radius 3 is 2.89 bits per heavy atom. The second-order valence-electron chi connectivity index (χ2n) is 3.85. The molecule has 1 aromatic rings. The highest BCUT2D eigenvalue weighted by atomic mass is 127. The highest BCUT2D eigenvalue weighted by Gasteiger charge is 2.44. The number of aromatic nitrogens is 2. The minimum absolute atomic E-state index is 0.0921. The van der Waals surface area contributed by atoms with Crippen molar-refractivity contribution in [1.29, 1.82) is 0 Å². The van der Waals surface area contributed by atoms with Crippen LogP contribution in [0.1, 0.15) is 5.37 Å². The van der Waals surface area contributed by atoms with Crippen LogP contribution in [-0.2, 0) is 0 Å². The van der Waals surface area contributed by atoms with Gasteiger partial charge in [-0.3, -0.25) is 4.57 Å². The number of hydrogen-bond donors (Lipinski definition) is 3. The summed E-state index contributed by atoms with van der Waals surface area (Å²) in [6.07, 6.45) is -1.53. The summed E-state index contributed by atoms with van der Waals surface area (Å²) in [6.45, 7) is -0.350. The number of aliphatic hydroxyl groups excluding tert-OH is 2. The van der Waals surface area contributed by atoms with Crippen molar-refractivity contribution >= 4 is 40.2 Å². The molecule has 18 heavy (non-hydrogen) atoms. The minimum Gasteiger partial charge on any atom is -0.395 e. The van der Waals surface area contributed by atoms with Crippen LogP contribution in [-0.4, -0.2) is 43.9 Å². The summed E-state index contributed by atoms with van der Waals surface area (Å²) in [6, 6.07) is 0. The molecule has 100 valence electrons. The zero-order valence-electron chi connectivity index (χ0n) is 9.03. The summed E-state index contributed by atoms with van der Waals surface area (Å²) in [5.74, 6) is 0.0921. The van der Waals surface area contributed by atoms with E-state index in [1.165, 1.54) is 6.20 Å². The lowest BCUT2D eigenvalue weighted by Gasteiger charge is -2.16. The predicted octanol–water partition coefficient (Wildman–Crippen LogP) is -0.265. The Kier molecular flexibility index (Phi) is 4.14. The third kappa shape index (κ3) is 2.36. The summed E-state index contributed by atoms with van der Waals surface area (Å²) in [5, 5.41) is 17.1. The molecular weight excluding hydrogens is 376 g/mol. The molecule has 0 amide bonds. The van der Waals surface area contributed by atoms with Crippen LogP contribution in [0.3, 0.4) is 0 Å². The van der Waals surface area contributed by atoms with Crippen LogP contribution >= 0.6 is 34.4 Å². The van der Waals surface area contributed by atoms with Gasteiger partial charge >= 0.3 is 5.69 Å². The first kappa shape index (κ1) is 14.0. The van der Waals surface area contributed by atoms with Gasteiger partial charge in [0.05, 0.1) is 15.4 Å². The largest absolute Gasteiger partial charge is 0.395 e. The molecule has 9 heteroatoms. The normalized spacial score (nSPS) is 31.8. The summed E-state index contributed by atoms with van der Waals surface area (Å²) < 4.78 is 15.5. The van der Waals surface area contributed by atoms with Gasteiger partial charge < -0.3 is 15.9 Å². The highest BCUT2D eigenvalue weighted by molar-refractivity contribution is 14.1. The van der Waals surface area contributed by atoms with Crippen LogP contribution in [0.15, 0.2) is 11.0 Å². The summed E-state index contributed by atoms with van der Waals surface area (Å²) in [5.41, 5.74) is 4.81. The molecule has 6 nitrogen and oxygen atoms in total. The maximum absolute atomic E-state index is 13.9. The smallest absolute Gasteiger partial charge is 0.350 e. The summed E-state index contributed by atoms with van der Waals surface area (Å²) in [7, 11) is 0. The van der Waals surface area contributed by atoms with E-state index < -0.39 is 28.6 Å². The van der Waals surface area contributed by atoms with Crippen LogP contribution < -0.4 is 11.4 Å². The lowest BCUT2D eigenvalue weighted by molar-refractivity contribution is 0.0631. The van der Waals surface area contributed by atoms with Crippen molar-refractivity contribution < 1.29 is 14.6 Å². The van der Waals surface area contributed by atoms with E-state index in [9.17, 15) is 14.3 Å². The second kappa shape index (κ2) is 5.31. The van der Waals surface area contributed by atoms with Crippen LogP contribution in [0, 0.1) is 3.57 Å². The van der Waals surface area contributed by atoms with Crippen molar-refractivity contribution in [2.24, 2.45) is 0 Å². The van der Waals surface area contributed by atoms with E-state index in [2.05, 4.69) is 4.98 Å². The molecule has 0 spiro atoms. The van der Waals surface area contributed by atoms with E-state index in [0.717, 1.165) is 16.3 Å². The number of nitrogens with zero attached hydrogens (tertiary/aromatic N) is 2. The van der Waals surface area contributed by atoms with Crippen molar-refractivity contribution in [3.63, 3.8) is 0 Å². The molecule has 0 unspecified atom stereocenters. The Hall–Kier alpha value is -0.390. The third-order valence-corrected chi connectivity index (χ3v) is 5.06. The van der Waals surface area contributed by atoms with Gasteiger partial charge in [-0.25, -0.2) is 9.18 Å². The topological polar surface area (TPSA) is 101 Å². The SMILES string of the molecule is Nc1nc(=O)n([C@@H]2S[C@H](CO)[C@@H](O)[C@@H]2F)cc1I. The Morgan fingerprint density at radius 2 is 2.33 bits per heavy atom. The standard InChI is InChI=1S/C9H11FIN3O3S/c10-5-6(16)4(2-15)18-8(5)14-1-3(11)7(12)13-9(14)17/h1,4-6,8,15-16H,2H2,(H2,12,13,17)/t4-,5+,6-,8-/m1/s1. The lowest BCUT2D eigenvalue weighted by Crippen LogP contribution is -2.33. The Bertz CT molecular complexity index is 514. The molecule has 1 aromatic heterocycles. The molecule has 0 aliphatic carbocycles. The zero-order valence-corrected chi connectivity index (χ0v) is 12.0. The zero-order chi connectivity index (χ0) is 13.4. The number of anilines is 1. The number of thioether (sulfide) groups is 1. The van der Waals surface area contributed by atoms with Gasteiger partial charge in [0.15, 0.2) is 6.17 Å². The van der Waals surface area contributed by atoms with Gasteiger partial charge in [-0.2, -0.15) is 4.98 Å². The fourth-order valence-electron chi connectivity index (χ4n) is 1.72. The molecule has 4 atom stereocenters. The van der Waals surface area contributed by atoms with E-state index >= 15 is 0 Å². The van der Waals surface area contributed by atoms with E-state index in [1.807, 2.05) is 22.6 Å². The minimum atomic E-state index is -1.63. The van der Waals surface area contributed by atoms with Crippen molar-refractivity contribution in [2.45, 2.75) is 22.9 Å². The quantitative estimate of drug-likeness (QED) is 0.605. The van der Waals surface area contributed by atoms with Crippen molar-refractivity contribution in [3.8, 4) is 0 Å². The number of halogens is 2. The van der Waals surface area contributed by atoms with Gasteiger partial charge in [0.25, 0.3) is 0 Å². The lowest BCUT2D eigenvalue weighted by atomic mass is 10.1. The number of hydrogen-bond acceptors (Lipinski definition) is 6. The fraction of sp³-hybridized carbons (Fsp3) is 0.556. The maximum atomic E-state index is 13.9. The first-order valence-electron chi connectivity index (χ1n) is 5.08. The molecule has 0 aromatic carbocycles. The van der Waals surface area contributed by atoms with Crippen molar-refractivity contribution in [2.75, 3.05) is 12.3 Å². The molecule has 4 N–H and O–H groups in total. The molecular formula is C9H11FIN3O3S. The first-order chi connectivity index (χ1) is 8.45. The molecule has 2 heterocycles. The maximum Gasteiger partial charge on any atom is 0.350 e.